The second kappa shape index (κ2) is 5.72. The van der Waals surface area contributed by atoms with Gasteiger partial charge in [-0.15, -0.1) is 0 Å². The molecule has 1 unspecified atom stereocenters. The van der Waals surface area contributed by atoms with E-state index in [1.165, 1.54) is 23.8 Å². The van der Waals surface area contributed by atoms with E-state index in [0.29, 0.717) is 6.10 Å². The molecular formula is C15H21N3O. The number of nitrogens with one attached hydrogen (secondary N) is 1. The van der Waals surface area contributed by atoms with E-state index < -0.39 is 0 Å². The van der Waals surface area contributed by atoms with Crippen molar-refractivity contribution in [3.05, 3.63) is 30.1 Å². The third-order valence-electron chi connectivity index (χ3n) is 3.80. The lowest BCUT2D eigenvalue weighted by atomic mass is 10.2. The molecule has 0 spiro atoms. The molecule has 2 aromatic rings. The monoisotopic (exact) mass is 259 g/mol. The summed E-state index contributed by atoms with van der Waals surface area (Å²) in [6.45, 7) is 2.80. The summed E-state index contributed by atoms with van der Waals surface area (Å²) in [6, 6.07) is 4.16. The number of aromatic nitrogens is 2. The number of hydrogen-bond donors (Lipinski definition) is 1. The van der Waals surface area contributed by atoms with E-state index in [4.69, 9.17) is 4.74 Å². The van der Waals surface area contributed by atoms with E-state index in [1.54, 1.807) is 0 Å². The van der Waals surface area contributed by atoms with Crippen molar-refractivity contribution < 1.29 is 4.74 Å². The first-order chi connectivity index (χ1) is 9.38. The summed E-state index contributed by atoms with van der Waals surface area (Å²) >= 11 is 0. The minimum atomic E-state index is 0.439. The van der Waals surface area contributed by atoms with Crippen molar-refractivity contribution in [3.8, 4) is 0 Å². The van der Waals surface area contributed by atoms with E-state index in [0.717, 1.165) is 31.8 Å². The van der Waals surface area contributed by atoms with Crippen molar-refractivity contribution in [2.24, 2.45) is 0 Å². The zero-order valence-corrected chi connectivity index (χ0v) is 11.4. The summed E-state index contributed by atoms with van der Waals surface area (Å²) in [5.41, 5.74) is 2.41. The number of ether oxygens (including phenoxy) is 1. The standard InChI is InChI=1S/C15H21N3O/c1-16-10-12-11-18(8-6-13-4-3-9-19-13)15-14(12)5-2-7-17-15/h2,5,7,11,13,16H,3-4,6,8-10H2,1H3. The van der Waals surface area contributed by atoms with Crippen LogP contribution in [0.5, 0.6) is 0 Å². The maximum absolute atomic E-state index is 5.69. The van der Waals surface area contributed by atoms with Crippen LogP contribution in [0, 0.1) is 0 Å². The van der Waals surface area contributed by atoms with Crippen molar-refractivity contribution in [3.63, 3.8) is 0 Å². The fourth-order valence-electron chi connectivity index (χ4n) is 2.85. The maximum Gasteiger partial charge on any atom is 0.140 e. The summed E-state index contributed by atoms with van der Waals surface area (Å²) in [6.07, 6.45) is 8.03. The average Bonchev–Trinajstić information content (AvgIpc) is 3.06. The third-order valence-corrected chi connectivity index (χ3v) is 3.80. The molecule has 1 aliphatic rings. The van der Waals surface area contributed by atoms with Crippen LogP contribution in [-0.2, 0) is 17.8 Å². The molecule has 1 atom stereocenters. The molecule has 2 aromatic heterocycles. The van der Waals surface area contributed by atoms with Crippen LogP contribution >= 0.6 is 0 Å². The number of fused-ring (bicyclic) bond motifs is 1. The Kier molecular flexibility index (Phi) is 3.80. The molecule has 3 rings (SSSR count). The van der Waals surface area contributed by atoms with Crippen LogP contribution in [0.15, 0.2) is 24.5 Å². The highest BCUT2D eigenvalue weighted by atomic mass is 16.5. The molecular weight excluding hydrogens is 238 g/mol. The highest BCUT2D eigenvalue weighted by Gasteiger charge is 2.16. The molecule has 0 radical (unpaired) electrons. The Morgan fingerprint density at radius 2 is 2.47 bits per heavy atom. The van der Waals surface area contributed by atoms with Crippen LogP contribution in [0.1, 0.15) is 24.8 Å². The predicted molar refractivity (Wildman–Crippen MR) is 76.1 cm³/mol. The molecule has 0 amide bonds. The van der Waals surface area contributed by atoms with Crippen LogP contribution in [-0.4, -0.2) is 29.3 Å². The number of rotatable bonds is 5. The minimum Gasteiger partial charge on any atom is -0.378 e. The summed E-state index contributed by atoms with van der Waals surface area (Å²) in [4.78, 5) is 4.52. The zero-order chi connectivity index (χ0) is 13.1. The normalized spacial score (nSPS) is 19.3. The van der Waals surface area contributed by atoms with Crippen molar-refractivity contribution in [2.45, 2.75) is 38.5 Å². The molecule has 1 aliphatic heterocycles. The van der Waals surface area contributed by atoms with E-state index in [1.807, 2.05) is 19.3 Å². The summed E-state index contributed by atoms with van der Waals surface area (Å²) < 4.78 is 7.96. The van der Waals surface area contributed by atoms with Gasteiger partial charge in [-0.3, -0.25) is 0 Å². The lowest BCUT2D eigenvalue weighted by Gasteiger charge is -2.10. The Morgan fingerprint density at radius 3 is 3.26 bits per heavy atom. The lowest BCUT2D eigenvalue weighted by Crippen LogP contribution is -2.10. The Balaban J connectivity index is 1.81. The first-order valence-corrected chi connectivity index (χ1v) is 7.07. The highest BCUT2D eigenvalue weighted by Crippen LogP contribution is 2.21. The molecule has 4 heteroatoms. The summed E-state index contributed by atoms with van der Waals surface area (Å²) in [5, 5.41) is 4.47. The van der Waals surface area contributed by atoms with Gasteiger partial charge in [-0.25, -0.2) is 4.98 Å². The molecule has 1 saturated heterocycles. The fraction of sp³-hybridized carbons (Fsp3) is 0.533. The van der Waals surface area contributed by atoms with Gasteiger partial charge in [0.25, 0.3) is 0 Å². The molecule has 1 N–H and O–H groups in total. The van der Waals surface area contributed by atoms with Crippen LogP contribution in [0.2, 0.25) is 0 Å². The quantitative estimate of drug-likeness (QED) is 0.895. The molecule has 0 saturated carbocycles. The maximum atomic E-state index is 5.69. The molecule has 102 valence electrons. The molecule has 3 heterocycles. The highest BCUT2D eigenvalue weighted by molar-refractivity contribution is 5.80. The first-order valence-electron chi connectivity index (χ1n) is 7.07. The van der Waals surface area contributed by atoms with Crippen molar-refractivity contribution in [2.75, 3.05) is 13.7 Å². The van der Waals surface area contributed by atoms with Gasteiger partial charge in [0.05, 0.1) is 6.10 Å². The Hall–Kier alpha value is -1.39. The lowest BCUT2D eigenvalue weighted by molar-refractivity contribution is 0.101. The Morgan fingerprint density at radius 1 is 1.53 bits per heavy atom. The molecule has 19 heavy (non-hydrogen) atoms. The van der Waals surface area contributed by atoms with Crippen LogP contribution in [0.25, 0.3) is 11.0 Å². The largest absolute Gasteiger partial charge is 0.378 e. The molecule has 0 bridgehead atoms. The van der Waals surface area contributed by atoms with Gasteiger partial charge in [-0.2, -0.15) is 0 Å². The second-order valence-electron chi connectivity index (χ2n) is 5.18. The van der Waals surface area contributed by atoms with E-state index >= 15 is 0 Å². The predicted octanol–water partition coefficient (Wildman–Crippen LogP) is 2.32. The van der Waals surface area contributed by atoms with Crippen LogP contribution in [0.3, 0.4) is 0 Å². The number of nitrogens with zero attached hydrogens (tertiary/aromatic N) is 2. The summed E-state index contributed by atoms with van der Waals surface area (Å²) in [5.74, 6) is 0. The second-order valence-corrected chi connectivity index (χ2v) is 5.18. The van der Waals surface area contributed by atoms with Crippen molar-refractivity contribution >= 4 is 11.0 Å². The van der Waals surface area contributed by atoms with Crippen molar-refractivity contribution in [1.29, 1.82) is 0 Å². The van der Waals surface area contributed by atoms with Gasteiger partial charge in [0.1, 0.15) is 5.65 Å². The average molecular weight is 259 g/mol. The van der Waals surface area contributed by atoms with Crippen LogP contribution in [0.4, 0.5) is 0 Å². The fourth-order valence-corrected chi connectivity index (χ4v) is 2.85. The number of aryl methyl sites for hydroxylation is 1. The van der Waals surface area contributed by atoms with Gasteiger partial charge in [0.15, 0.2) is 0 Å². The van der Waals surface area contributed by atoms with Gasteiger partial charge < -0.3 is 14.6 Å². The number of pyridine rings is 1. The minimum absolute atomic E-state index is 0.439. The Bertz CT molecular complexity index is 543. The zero-order valence-electron chi connectivity index (χ0n) is 11.4. The van der Waals surface area contributed by atoms with Gasteiger partial charge >= 0.3 is 0 Å². The molecule has 0 aliphatic carbocycles. The van der Waals surface area contributed by atoms with Gasteiger partial charge in [0, 0.05) is 37.5 Å². The van der Waals surface area contributed by atoms with E-state index in [2.05, 4.69) is 27.1 Å². The Labute approximate surface area is 113 Å². The van der Waals surface area contributed by atoms with Gasteiger partial charge in [-0.1, -0.05) is 0 Å². The van der Waals surface area contributed by atoms with Gasteiger partial charge in [-0.05, 0) is 44.0 Å². The molecule has 4 nitrogen and oxygen atoms in total. The van der Waals surface area contributed by atoms with Crippen molar-refractivity contribution in [1.82, 2.24) is 14.9 Å². The van der Waals surface area contributed by atoms with E-state index in [-0.39, 0.29) is 0 Å². The van der Waals surface area contributed by atoms with E-state index in [9.17, 15) is 0 Å². The van der Waals surface area contributed by atoms with Crippen LogP contribution < -0.4 is 5.32 Å². The SMILES string of the molecule is CNCc1cn(CCC2CCCO2)c2ncccc12. The topological polar surface area (TPSA) is 39.1 Å². The third kappa shape index (κ3) is 2.65. The molecule has 1 fully saturated rings. The smallest absolute Gasteiger partial charge is 0.140 e. The first kappa shape index (κ1) is 12.6. The summed E-state index contributed by atoms with van der Waals surface area (Å²) in [7, 11) is 1.98. The molecule has 0 aromatic carbocycles. The van der Waals surface area contributed by atoms with Gasteiger partial charge in [0.2, 0.25) is 0 Å². The number of hydrogen-bond acceptors (Lipinski definition) is 3.